The van der Waals surface area contributed by atoms with Crippen molar-refractivity contribution in [1.29, 1.82) is 0 Å². The lowest BCUT2D eigenvalue weighted by atomic mass is 10.0. The maximum atomic E-state index is 12.6. The van der Waals surface area contributed by atoms with Crippen molar-refractivity contribution in [1.82, 2.24) is 10.3 Å². The summed E-state index contributed by atoms with van der Waals surface area (Å²) in [5.74, 6) is -0.235. The Balaban J connectivity index is 1.39. The van der Waals surface area contributed by atoms with Crippen LogP contribution in [0.1, 0.15) is 34.1 Å². The largest absolute Gasteiger partial charge is 0.459 e. The number of esters is 1. The number of amides is 1. The molecule has 160 valence electrons. The molecule has 0 fully saturated rings. The van der Waals surface area contributed by atoms with Crippen molar-refractivity contribution >= 4 is 11.9 Å². The molecule has 32 heavy (non-hydrogen) atoms. The molecule has 1 N–H and O–H groups in total. The van der Waals surface area contributed by atoms with E-state index < -0.39 is 12.0 Å². The number of oxazole rings is 1. The van der Waals surface area contributed by atoms with Crippen LogP contribution >= 0.6 is 0 Å². The van der Waals surface area contributed by atoms with Gasteiger partial charge in [-0.05, 0) is 29.8 Å². The summed E-state index contributed by atoms with van der Waals surface area (Å²) in [6, 6.07) is 27.2. The molecule has 1 amide bonds. The predicted octanol–water partition coefficient (Wildman–Crippen LogP) is 4.95. The minimum absolute atomic E-state index is 0.00796. The number of carbonyl (C=O) groups excluding carboxylic acids is 2. The molecule has 0 saturated heterocycles. The van der Waals surface area contributed by atoms with Crippen molar-refractivity contribution in [2.75, 3.05) is 0 Å². The third kappa shape index (κ3) is 5.49. The first kappa shape index (κ1) is 21.1. The molecule has 0 saturated carbocycles. The third-order valence-electron chi connectivity index (χ3n) is 4.87. The number of nitrogens with one attached hydrogen (secondary N) is 1. The van der Waals surface area contributed by atoms with E-state index in [0.717, 1.165) is 11.1 Å². The SMILES string of the molecule is O=C(C[C@@H](NC(=O)c1ccccc1)c1ccccc1)OCc1coc(-c2ccccc2)n1. The number of aromatic nitrogens is 1. The van der Waals surface area contributed by atoms with E-state index in [4.69, 9.17) is 9.15 Å². The van der Waals surface area contributed by atoms with Crippen LogP contribution in [0.2, 0.25) is 0 Å². The Bertz CT molecular complexity index is 1160. The topological polar surface area (TPSA) is 81.4 Å². The van der Waals surface area contributed by atoms with Crippen molar-refractivity contribution in [2.45, 2.75) is 19.1 Å². The number of hydrogen-bond donors (Lipinski definition) is 1. The standard InChI is InChI=1S/C26H22N2O4/c29-24(31-17-22-18-32-26(27-22)21-14-8-3-9-15-21)16-23(19-10-4-1-5-11-19)28-25(30)20-12-6-2-7-13-20/h1-15,18,23H,16-17H2,(H,28,30)/t23-/m1/s1. The maximum Gasteiger partial charge on any atom is 0.308 e. The zero-order valence-corrected chi connectivity index (χ0v) is 17.3. The van der Waals surface area contributed by atoms with Gasteiger partial charge in [-0.25, -0.2) is 4.98 Å². The van der Waals surface area contributed by atoms with Crippen molar-refractivity contribution in [2.24, 2.45) is 0 Å². The van der Waals surface area contributed by atoms with E-state index in [2.05, 4.69) is 10.3 Å². The van der Waals surface area contributed by atoms with Gasteiger partial charge < -0.3 is 14.5 Å². The van der Waals surface area contributed by atoms with Crippen LogP contribution < -0.4 is 5.32 Å². The van der Waals surface area contributed by atoms with Gasteiger partial charge >= 0.3 is 5.97 Å². The van der Waals surface area contributed by atoms with Gasteiger partial charge in [-0.1, -0.05) is 66.7 Å². The van der Waals surface area contributed by atoms with E-state index in [1.807, 2.05) is 66.7 Å². The highest BCUT2D eigenvalue weighted by Crippen LogP contribution is 2.20. The molecule has 4 aromatic rings. The van der Waals surface area contributed by atoms with Gasteiger partial charge in [0.15, 0.2) is 0 Å². The molecule has 0 aliphatic carbocycles. The second-order valence-corrected chi connectivity index (χ2v) is 7.18. The third-order valence-corrected chi connectivity index (χ3v) is 4.87. The van der Waals surface area contributed by atoms with E-state index in [1.165, 1.54) is 6.26 Å². The average molecular weight is 426 g/mol. The van der Waals surface area contributed by atoms with E-state index in [0.29, 0.717) is 17.1 Å². The van der Waals surface area contributed by atoms with Crippen molar-refractivity contribution in [3.05, 3.63) is 114 Å². The van der Waals surface area contributed by atoms with E-state index in [9.17, 15) is 9.59 Å². The highest BCUT2D eigenvalue weighted by Gasteiger charge is 2.20. The molecule has 0 unspecified atom stereocenters. The van der Waals surface area contributed by atoms with Gasteiger partial charge in [0.2, 0.25) is 5.89 Å². The number of rotatable bonds is 8. The predicted molar refractivity (Wildman–Crippen MR) is 119 cm³/mol. The molecular weight excluding hydrogens is 404 g/mol. The van der Waals surface area contributed by atoms with Crippen LogP contribution in [-0.4, -0.2) is 16.9 Å². The van der Waals surface area contributed by atoms with Crippen molar-refractivity contribution < 1.29 is 18.7 Å². The normalized spacial score (nSPS) is 11.5. The van der Waals surface area contributed by atoms with Gasteiger partial charge in [0.25, 0.3) is 5.91 Å². The molecule has 0 aliphatic rings. The second-order valence-electron chi connectivity index (χ2n) is 7.18. The first-order valence-corrected chi connectivity index (χ1v) is 10.3. The second kappa shape index (κ2) is 10.2. The summed E-state index contributed by atoms with van der Waals surface area (Å²) >= 11 is 0. The van der Waals surface area contributed by atoms with Crippen molar-refractivity contribution in [3.8, 4) is 11.5 Å². The molecule has 1 aromatic heterocycles. The van der Waals surface area contributed by atoms with Gasteiger partial charge in [0.05, 0.1) is 12.5 Å². The first-order valence-electron chi connectivity index (χ1n) is 10.3. The minimum atomic E-state index is -0.520. The lowest BCUT2D eigenvalue weighted by molar-refractivity contribution is -0.145. The summed E-state index contributed by atoms with van der Waals surface area (Å²) in [5, 5.41) is 2.93. The average Bonchev–Trinajstić information content (AvgIpc) is 3.33. The number of benzene rings is 3. The molecule has 6 nitrogen and oxygen atoms in total. The zero-order chi connectivity index (χ0) is 22.2. The Morgan fingerprint density at radius 2 is 1.50 bits per heavy atom. The zero-order valence-electron chi connectivity index (χ0n) is 17.3. The lowest BCUT2D eigenvalue weighted by Gasteiger charge is -2.18. The van der Waals surface area contributed by atoms with Crippen LogP contribution in [0, 0.1) is 0 Å². The summed E-state index contributed by atoms with van der Waals surface area (Å²) in [7, 11) is 0. The summed E-state index contributed by atoms with van der Waals surface area (Å²) in [4.78, 5) is 29.6. The molecule has 1 atom stereocenters. The Hall–Kier alpha value is -4.19. The van der Waals surface area contributed by atoms with E-state index in [1.54, 1.807) is 24.3 Å². The summed E-state index contributed by atoms with van der Waals surface area (Å²) in [5.41, 5.74) is 2.71. The number of ether oxygens (including phenoxy) is 1. The fourth-order valence-electron chi connectivity index (χ4n) is 3.24. The molecule has 0 radical (unpaired) electrons. The fraction of sp³-hybridized carbons (Fsp3) is 0.115. The van der Waals surface area contributed by atoms with Gasteiger partial charge in [-0.15, -0.1) is 0 Å². The molecular formula is C26H22N2O4. The van der Waals surface area contributed by atoms with E-state index in [-0.39, 0.29) is 18.9 Å². The molecule has 0 bridgehead atoms. The molecule has 4 rings (SSSR count). The van der Waals surface area contributed by atoms with Crippen LogP contribution in [0.15, 0.2) is 102 Å². The number of carbonyl (C=O) groups is 2. The summed E-state index contributed by atoms with van der Waals surface area (Å²) in [6.45, 7) is -0.0106. The first-order chi connectivity index (χ1) is 15.7. The number of nitrogens with zero attached hydrogens (tertiary/aromatic N) is 1. The van der Waals surface area contributed by atoms with Crippen LogP contribution in [0.4, 0.5) is 0 Å². The van der Waals surface area contributed by atoms with Crippen molar-refractivity contribution in [3.63, 3.8) is 0 Å². The Morgan fingerprint density at radius 3 is 2.19 bits per heavy atom. The molecule has 3 aromatic carbocycles. The van der Waals surface area contributed by atoms with Crippen LogP contribution in [-0.2, 0) is 16.1 Å². The summed E-state index contributed by atoms with van der Waals surface area (Å²) in [6.07, 6.45) is 1.47. The Morgan fingerprint density at radius 1 is 0.875 bits per heavy atom. The van der Waals surface area contributed by atoms with Crippen LogP contribution in [0.3, 0.4) is 0 Å². The fourth-order valence-corrected chi connectivity index (χ4v) is 3.24. The van der Waals surface area contributed by atoms with E-state index >= 15 is 0 Å². The Labute approximate surface area is 185 Å². The maximum absolute atomic E-state index is 12.6. The van der Waals surface area contributed by atoms with Gasteiger partial charge in [-0.2, -0.15) is 0 Å². The van der Waals surface area contributed by atoms with Crippen LogP contribution in [0.5, 0.6) is 0 Å². The molecule has 1 heterocycles. The van der Waals surface area contributed by atoms with Gasteiger partial charge in [-0.3, -0.25) is 9.59 Å². The molecule has 6 heteroatoms. The van der Waals surface area contributed by atoms with Gasteiger partial charge in [0, 0.05) is 11.1 Å². The van der Waals surface area contributed by atoms with Crippen LogP contribution in [0.25, 0.3) is 11.5 Å². The smallest absolute Gasteiger partial charge is 0.308 e. The lowest BCUT2D eigenvalue weighted by Crippen LogP contribution is -2.30. The monoisotopic (exact) mass is 426 g/mol. The highest BCUT2D eigenvalue weighted by molar-refractivity contribution is 5.94. The summed E-state index contributed by atoms with van der Waals surface area (Å²) < 4.78 is 10.9. The number of hydrogen-bond acceptors (Lipinski definition) is 5. The Kier molecular flexibility index (Phi) is 6.72. The molecule has 0 spiro atoms. The quantitative estimate of drug-likeness (QED) is 0.403. The van der Waals surface area contributed by atoms with Gasteiger partial charge in [0.1, 0.15) is 18.6 Å². The highest BCUT2D eigenvalue weighted by atomic mass is 16.5. The molecule has 0 aliphatic heterocycles. The minimum Gasteiger partial charge on any atom is -0.459 e.